The summed E-state index contributed by atoms with van der Waals surface area (Å²) in [7, 11) is 0. The largest absolute Gasteiger partial charge is 0.341 e. The molecule has 3 heterocycles. The van der Waals surface area contributed by atoms with Crippen molar-refractivity contribution in [1.82, 2.24) is 14.4 Å². The van der Waals surface area contributed by atoms with E-state index in [1.807, 2.05) is 26.0 Å². The number of thioether (sulfide) groups is 1. The van der Waals surface area contributed by atoms with Crippen LogP contribution < -0.4 is 0 Å². The molecule has 4 rings (SSSR count). The van der Waals surface area contributed by atoms with Gasteiger partial charge in [0, 0.05) is 24.5 Å². The van der Waals surface area contributed by atoms with E-state index in [4.69, 9.17) is 0 Å². The van der Waals surface area contributed by atoms with Crippen LogP contribution >= 0.6 is 11.8 Å². The molecule has 0 radical (unpaired) electrons. The highest BCUT2D eigenvalue weighted by atomic mass is 32.2. The van der Waals surface area contributed by atoms with Gasteiger partial charge in [0.25, 0.3) is 11.1 Å². The first kappa shape index (κ1) is 23.4. The summed E-state index contributed by atoms with van der Waals surface area (Å²) in [5, 5.41) is -0.377. The van der Waals surface area contributed by atoms with Crippen LogP contribution in [0.3, 0.4) is 0 Å². The number of amides is 3. The number of hydrogen-bond donors (Lipinski definition) is 0. The zero-order chi connectivity index (χ0) is 23.7. The minimum absolute atomic E-state index is 0.145. The highest BCUT2D eigenvalue weighted by Crippen LogP contribution is 2.34. The lowest BCUT2D eigenvalue weighted by atomic mass is 10.1. The second kappa shape index (κ2) is 9.59. The molecule has 0 saturated carbocycles. The van der Waals surface area contributed by atoms with Crippen LogP contribution in [0.1, 0.15) is 53.8 Å². The molecule has 0 unspecified atom stereocenters. The van der Waals surface area contributed by atoms with Crippen LogP contribution in [0.15, 0.2) is 29.2 Å². The molecule has 2 saturated heterocycles. The molecule has 6 nitrogen and oxygen atoms in total. The Kier molecular flexibility index (Phi) is 6.79. The van der Waals surface area contributed by atoms with E-state index in [0.717, 1.165) is 65.0 Å². The van der Waals surface area contributed by atoms with Crippen molar-refractivity contribution in [3.63, 3.8) is 0 Å². The fraction of sp³-hybridized carbons (Fsp3) is 0.423. The van der Waals surface area contributed by atoms with Gasteiger partial charge in [0.15, 0.2) is 0 Å². The fourth-order valence-electron chi connectivity index (χ4n) is 4.77. The van der Waals surface area contributed by atoms with Gasteiger partial charge in [-0.3, -0.25) is 19.3 Å². The van der Waals surface area contributed by atoms with Gasteiger partial charge in [0.05, 0.1) is 10.6 Å². The van der Waals surface area contributed by atoms with Gasteiger partial charge in [0.1, 0.15) is 6.54 Å². The zero-order valence-corrected chi connectivity index (χ0v) is 20.6. The van der Waals surface area contributed by atoms with Crippen molar-refractivity contribution in [2.24, 2.45) is 0 Å². The maximum absolute atomic E-state index is 13.0. The van der Waals surface area contributed by atoms with Gasteiger partial charge in [-0.15, -0.1) is 0 Å². The summed E-state index contributed by atoms with van der Waals surface area (Å²) in [5.74, 6) is -0.529. The van der Waals surface area contributed by atoms with Gasteiger partial charge in [-0.1, -0.05) is 31.0 Å². The molecule has 2 fully saturated rings. The summed E-state index contributed by atoms with van der Waals surface area (Å²) in [4.78, 5) is 41.6. The number of benzene rings is 1. The van der Waals surface area contributed by atoms with E-state index < -0.39 is 0 Å². The molecule has 2 aliphatic heterocycles. The zero-order valence-electron chi connectivity index (χ0n) is 19.8. The lowest BCUT2D eigenvalue weighted by Crippen LogP contribution is -2.42. The number of carbonyl (C=O) groups is 3. The molecule has 0 aliphatic carbocycles. The second-order valence-electron chi connectivity index (χ2n) is 8.97. The van der Waals surface area contributed by atoms with Crippen LogP contribution in [0, 0.1) is 27.7 Å². The van der Waals surface area contributed by atoms with Gasteiger partial charge >= 0.3 is 0 Å². The lowest BCUT2D eigenvalue weighted by Gasteiger charge is -2.22. The monoisotopic (exact) mass is 465 g/mol. The molecular formula is C26H31N3O3S. The average molecular weight is 466 g/mol. The molecule has 1 aromatic carbocycles. The number of rotatable bonds is 4. The quantitative estimate of drug-likeness (QED) is 0.586. The van der Waals surface area contributed by atoms with Crippen LogP contribution in [0.2, 0.25) is 0 Å². The topological polar surface area (TPSA) is 62.6 Å². The lowest BCUT2D eigenvalue weighted by molar-refractivity contribution is -0.135. The van der Waals surface area contributed by atoms with Crippen molar-refractivity contribution < 1.29 is 14.4 Å². The minimum atomic E-state index is -0.384. The molecule has 0 N–H and O–H groups in total. The second-order valence-corrected chi connectivity index (χ2v) is 9.96. The van der Waals surface area contributed by atoms with E-state index in [1.165, 1.54) is 11.1 Å². The number of aryl methyl sites for hydroxylation is 3. The standard InChI is InChI=1S/C26H31N3O3S/c1-17-10-9-11-18(2)24(17)29-19(3)14-21(20(29)4)15-22-25(31)28(26(32)33-22)16-23(30)27-12-7-5-6-8-13-27/h9-11,14-15H,5-8,12-13,16H2,1-4H3. The summed E-state index contributed by atoms with van der Waals surface area (Å²) < 4.78 is 2.20. The van der Waals surface area contributed by atoms with Crippen molar-refractivity contribution in [3.05, 3.63) is 57.2 Å². The van der Waals surface area contributed by atoms with Crippen molar-refractivity contribution in [3.8, 4) is 5.69 Å². The molecule has 2 aromatic rings. The Morgan fingerprint density at radius 1 is 1.00 bits per heavy atom. The Bertz CT molecular complexity index is 1120. The molecule has 33 heavy (non-hydrogen) atoms. The Morgan fingerprint density at radius 3 is 2.27 bits per heavy atom. The fourth-order valence-corrected chi connectivity index (χ4v) is 5.60. The van der Waals surface area contributed by atoms with Crippen LogP contribution in [0.4, 0.5) is 4.79 Å². The summed E-state index contributed by atoms with van der Waals surface area (Å²) in [5.41, 5.74) is 6.47. The van der Waals surface area contributed by atoms with E-state index in [-0.39, 0.29) is 23.6 Å². The van der Waals surface area contributed by atoms with E-state index in [0.29, 0.717) is 18.0 Å². The summed E-state index contributed by atoms with van der Waals surface area (Å²) in [6.07, 6.45) is 5.98. The van der Waals surface area contributed by atoms with Crippen LogP contribution in [0.5, 0.6) is 0 Å². The van der Waals surface area contributed by atoms with Crippen molar-refractivity contribution in [2.45, 2.75) is 53.4 Å². The molecule has 174 valence electrons. The molecule has 2 aliphatic rings. The summed E-state index contributed by atoms with van der Waals surface area (Å²) in [6, 6.07) is 8.27. The first-order valence-electron chi connectivity index (χ1n) is 11.6. The smallest absolute Gasteiger partial charge is 0.294 e. The molecule has 0 bridgehead atoms. The number of nitrogens with zero attached hydrogens (tertiary/aromatic N) is 3. The predicted molar refractivity (Wildman–Crippen MR) is 132 cm³/mol. The van der Waals surface area contributed by atoms with Crippen LogP contribution in [0.25, 0.3) is 11.8 Å². The normalized spacial score (nSPS) is 18.4. The molecule has 0 spiro atoms. The van der Waals surface area contributed by atoms with E-state index >= 15 is 0 Å². The predicted octanol–water partition coefficient (Wildman–Crippen LogP) is 5.15. The molecule has 0 atom stereocenters. The number of aromatic nitrogens is 1. The number of para-hydroxylation sites is 1. The Balaban J connectivity index is 1.57. The van der Waals surface area contributed by atoms with Gasteiger partial charge < -0.3 is 9.47 Å². The maximum atomic E-state index is 13.0. The third-order valence-electron chi connectivity index (χ3n) is 6.55. The Morgan fingerprint density at radius 2 is 1.64 bits per heavy atom. The van der Waals surface area contributed by atoms with Gasteiger partial charge in [0.2, 0.25) is 5.91 Å². The first-order valence-corrected chi connectivity index (χ1v) is 12.4. The molecule has 1 aromatic heterocycles. The minimum Gasteiger partial charge on any atom is -0.341 e. The van der Waals surface area contributed by atoms with Crippen molar-refractivity contribution >= 4 is 34.9 Å². The van der Waals surface area contributed by atoms with Gasteiger partial charge in [-0.25, -0.2) is 0 Å². The molecule has 7 heteroatoms. The van der Waals surface area contributed by atoms with Crippen LogP contribution in [-0.2, 0) is 9.59 Å². The first-order chi connectivity index (χ1) is 15.8. The highest BCUT2D eigenvalue weighted by Gasteiger charge is 2.37. The number of hydrogen-bond acceptors (Lipinski definition) is 4. The SMILES string of the molecule is Cc1cccc(C)c1-n1c(C)cc(C=C2SC(=O)N(CC(=O)N3CCCCCC3)C2=O)c1C. The van der Waals surface area contributed by atoms with Gasteiger partial charge in [-0.05, 0) is 81.1 Å². The highest BCUT2D eigenvalue weighted by molar-refractivity contribution is 8.18. The third-order valence-corrected chi connectivity index (χ3v) is 7.45. The Labute approximate surface area is 199 Å². The third kappa shape index (κ3) is 4.64. The number of carbonyl (C=O) groups excluding carboxylic acids is 3. The van der Waals surface area contributed by atoms with Crippen LogP contribution in [-0.4, -0.2) is 51.1 Å². The van der Waals surface area contributed by atoms with Gasteiger partial charge in [-0.2, -0.15) is 0 Å². The summed E-state index contributed by atoms with van der Waals surface area (Å²) >= 11 is 0.914. The maximum Gasteiger partial charge on any atom is 0.294 e. The molecule has 3 amide bonds. The van der Waals surface area contributed by atoms with E-state index in [9.17, 15) is 14.4 Å². The van der Waals surface area contributed by atoms with E-state index in [1.54, 1.807) is 11.0 Å². The average Bonchev–Trinajstić information content (AvgIpc) is 3.06. The van der Waals surface area contributed by atoms with Crippen molar-refractivity contribution in [1.29, 1.82) is 0 Å². The molecular weight excluding hydrogens is 434 g/mol. The number of imide groups is 1. The van der Waals surface area contributed by atoms with Crippen molar-refractivity contribution in [2.75, 3.05) is 19.6 Å². The number of likely N-dealkylation sites (tertiary alicyclic amines) is 1. The van der Waals surface area contributed by atoms with E-state index in [2.05, 4.69) is 30.5 Å². The Hall–Kier alpha value is -2.80. The summed E-state index contributed by atoms with van der Waals surface area (Å²) in [6.45, 7) is 9.48.